The SMILES string of the molecule is CC(O)C1CCN(C(=O)CCc2cccc(Cl)c2Cl)C1. The van der Waals surface area contributed by atoms with Crippen molar-refractivity contribution >= 4 is 29.1 Å². The molecule has 1 aliphatic rings. The number of amides is 1. The molecule has 110 valence electrons. The van der Waals surface area contributed by atoms with E-state index in [2.05, 4.69) is 0 Å². The van der Waals surface area contributed by atoms with Crippen molar-refractivity contribution in [3.63, 3.8) is 0 Å². The molecule has 0 bridgehead atoms. The predicted molar refractivity (Wildman–Crippen MR) is 81.2 cm³/mol. The quantitative estimate of drug-likeness (QED) is 0.927. The fourth-order valence-corrected chi connectivity index (χ4v) is 2.96. The zero-order valence-corrected chi connectivity index (χ0v) is 13.0. The molecule has 2 atom stereocenters. The Morgan fingerprint density at radius 2 is 2.25 bits per heavy atom. The van der Waals surface area contributed by atoms with Crippen LogP contribution in [0.25, 0.3) is 0 Å². The molecule has 3 nitrogen and oxygen atoms in total. The molecule has 0 saturated carbocycles. The first-order valence-electron chi connectivity index (χ1n) is 6.87. The molecule has 0 aliphatic carbocycles. The Morgan fingerprint density at radius 3 is 2.90 bits per heavy atom. The molecule has 1 amide bonds. The molecule has 0 spiro atoms. The highest BCUT2D eigenvalue weighted by Crippen LogP contribution is 2.27. The molecule has 2 rings (SSSR count). The summed E-state index contributed by atoms with van der Waals surface area (Å²) in [5, 5.41) is 10.6. The highest BCUT2D eigenvalue weighted by molar-refractivity contribution is 6.42. The molecule has 5 heteroatoms. The maximum absolute atomic E-state index is 12.2. The van der Waals surface area contributed by atoms with E-state index < -0.39 is 0 Å². The maximum Gasteiger partial charge on any atom is 0.222 e. The van der Waals surface area contributed by atoms with Gasteiger partial charge in [0.25, 0.3) is 0 Å². The van der Waals surface area contributed by atoms with E-state index in [1.54, 1.807) is 13.0 Å². The van der Waals surface area contributed by atoms with E-state index in [4.69, 9.17) is 23.2 Å². The van der Waals surface area contributed by atoms with Gasteiger partial charge in [-0.3, -0.25) is 4.79 Å². The van der Waals surface area contributed by atoms with Crippen LogP contribution in [0.5, 0.6) is 0 Å². The van der Waals surface area contributed by atoms with Crippen LogP contribution in [0.1, 0.15) is 25.3 Å². The molecule has 1 fully saturated rings. The van der Waals surface area contributed by atoms with Crippen molar-refractivity contribution in [2.45, 2.75) is 32.3 Å². The van der Waals surface area contributed by atoms with Crippen LogP contribution in [0.2, 0.25) is 10.0 Å². The molecule has 1 aliphatic heterocycles. The van der Waals surface area contributed by atoms with Crippen LogP contribution in [0.15, 0.2) is 18.2 Å². The largest absolute Gasteiger partial charge is 0.393 e. The first-order chi connectivity index (χ1) is 9.49. The van der Waals surface area contributed by atoms with Crippen LogP contribution in [-0.4, -0.2) is 35.1 Å². The summed E-state index contributed by atoms with van der Waals surface area (Å²) >= 11 is 12.1. The fraction of sp³-hybridized carbons (Fsp3) is 0.533. The molecule has 2 unspecified atom stereocenters. The van der Waals surface area contributed by atoms with Gasteiger partial charge in [-0.05, 0) is 31.4 Å². The Hall–Kier alpha value is -0.770. The molecule has 0 aromatic heterocycles. The number of aliphatic hydroxyl groups excluding tert-OH is 1. The van der Waals surface area contributed by atoms with Crippen LogP contribution in [0.3, 0.4) is 0 Å². The summed E-state index contributed by atoms with van der Waals surface area (Å²) in [5.41, 5.74) is 0.902. The summed E-state index contributed by atoms with van der Waals surface area (Å²) in [6.45, 7) is 3.17. The lowest BCUT2D eigenvalue weighted by Gasteiger charge is -2.18. The normalized spacial score (nSPS) is 20.2. The van der Waals surface area contributed by atoms with Crippen molar-refractivity contribution in [1.29, 1.82) is 0 Å². The van der Waals surface area contributed by atoms with Crippen molar-refractivity contribution < 1.29 is 9.90 Å². The summed E-state index contributed by atoms with van der Waals surface area (Å²) in [5.74, 6) is 0.317. The lowest BCUT2D eigenvalue weighted by molar-refractivity contribution is -0.130. The van der Waals surface area contributed by atoms with Crippen LogP contribution >= 0.6 is 23.2 Å². The lowest BCUT2D eigenvalue weighted by Crippen LogP contribution is -2.30. The van der Waals surface area contributed by atoms with Crippen molar-refractivity contribution in [2.24, 2.45) is 5.92 Å². The van der Waals surface area contributed by atoms with Crippen molar-refractivity contribution in [1.82, 2.24) is 4.90 Å². The van der Waals surface area contributed by atoms with Gasteiger partial charge in [0.1, 0.15) is 0 Å². The third kappa shape index (κ3) is 3.66. The molecular weight excluding hydrogens is 297 g/mol. The number of carbonyl (C=O) groups is 1. The first-order valence-corrected chi connectivity index (χ1v) is 7.63. The summed E-state index contributed by atoms with van der Waals surface area (Å²) in [4.78, 5) is 14.0. The summed E-state index contributed by atoms with van der Waals surface area (Å²) in [6.07, 6.45) is 1.54. The van der Waals surface area contributed by atoms with Crippen LogP contribution in [-0.2, 0) is 11.2 Å². The van der Waals surface area contributed by atoms with Gasteiger partial charge in [-0.1, -0.05) is 35.3 Å². The van der Waals surface area contributed by atoms with Gasteiger partial charge in [0.05, 0.1) is 16.1 Å². The topological polar surface area (TPSA) is 40.5 Å². The number of hydrogen-bond donors (Lipinski definition) is 1. The molecule has 1 aromatic carbocycles. The fourth-order valence-electron chi connectivity index (χ4n) is 2.55. The Balaban J connectivity index is 1.88. The minimum Gasteiger partial charge on any atom is -0.393 e. The third-order valence-electron chi connectivity index (χ3n) is 3.90. The van der Waals surface area contributed by atoms with Crippen LogP contribution in [0.4, 0.5) is 0 Å². The van der Waals surface area contributed by atoms with Gasteiger partial charge in [0.2, 0.25) is 5.91 Å². The van der Waals surface area contributed by atoms with Crippen LogP contribution < -0.4 is 0 Å². The number of hydrogen-bond acceptors (Lipinski definition) is 2. The van der Waals surface area contributed by atoms with E-state index in [1.807, 2.05) is 17.0 Å². The molecule has 1 aromatic rings. The number of halogens is 2. The monoisotopic (exact) mass is 315 g/mol. The van der Waals surface area contributed by atoms with Crippen molar-refractivity contribution in [2.75, 3.05) is 13.1 Å². The van der Waals surface area contributed by atoms with Crippen LogP contribution in [0, 0.1) is 5.92 Å². The van der Waals surface area contributed by atoms with Crippen molar-refractivity contribution in [3.05, 3.63) is 33.8 Å². The Labute approximate surface area is 129 Å². The van der Waals surface area contributed by atoms with E-state index in [0.717, 1.165) is 18.5 Å². The summed E-state index contributed by atoms with van der Waals surface area (Å²) in [7, 11) is 0. The number of aryl methyl sites for hydroxylation is 1. The van der Waals surface area contributed by atoms with Gasteiger partial charge in [-0.15, -0.1) is 0 Å². The Kier molecular flexibility index (Phi) is 5.30. The van der Waals surface area contributed by atoms with Gasteiger partial charge in [-0.25, -0.2) is 0 Å². The molecule has 1 N–H and O–H groups in total. The molecule has 20 heavy (non-hydrogen) atoms. The average Bonchev–Trinajstić information content (AvgIpc) is 2.90. The lowest BCUT2D eigenvalue weighted by atomic mass is 10.0. The van der Waals surface area contributed by atoms with E-state index in [0.29, 0.717) is 29.4 Å². The minimum absolute atomic E-state index is 0.115. The predicted octanol–water partition coefficient (Wildman–Crippen LogP) is 3.16. The van der Waals surface area contributed by atoms with Gasteiger partial charge in [0, 0.05) is 25.4 Å². The minimum atomic E-state index is -0.352. The third-order valence-corrected chi connectivity index (χ3v) is 4.76. The highest BCUT2D eigenvalue weighted by Gasteiger charge is 2.28. The van der Waals surface area contributed by atoms with E-state index in [9.17, 15) is 9.90 Å². The van der Waals surface area contributed by atoms with Gasteiger partial charge in [0.15, 0.2) is 0 Å². The second kappa shape index (κ2) is 6.79. The van der Waals surface area contributed by atoms with E-state index in [-0.39, 0.29) is 17.9 Å². The molecule has 1 heterocycles. The second-order valence-corrected chi connectivity index (χ2v) is 6.13. The smallest absolute Gasteiger partial charge is 0.222 e. The van der Waals surface area contributed by atoms with Gasteiger partial charge < -0.3 is 10.0 Å². The number of rotatable bonds is 4. The molecule has 1 saturated heterocycles. The van der Waals surface area contributed by atoms with Gasteiger partial charge >= 0.3 is 0 Å². The van der Waals surface area contributed by atoms with E-state index in [1.165, 1.54) is 0 Å². The highest BCUT2D eigenvalue weighted by atomic mass is 35.5. The number of likely N-dealkylation sites (tertiary alicyclic amines) is 1. The average molecular weight is 316 g/mol. The standard InChI is InChI=1S/C15H19Cl2NO2/c1-10(19)12-7-8-18(9-12)14(20)6-5-11-3-2-4-13(16)15(11)17/h2-4,10,12,19H,5-9H2,1H3. The molecular formula is C15H19Cl2NO2. The number of nitrogens with zero attached hydrogens (tertiary/aromatic N) is 1. The molecule has 0 radical (unpaired) electrons. The summed E-state index contributed by atoms with van der Waals surface area (Å²) in [6, 6.07) is 5.47. The number of carbonyl (C=O) groups excluding carboxylic acids is 1. The van der Waals surface area contributed by atoms with Gasteiger partial charge in [-0.2, -0.15) is 0 Å². The zero-order valence-electron chi connectivity index (χ0n) is 11.5. The summed E-state index contributed by atoms with van der Waals surface area (Å²) < 4.78 is 0. The first kappa shape index (κ1) is 15.6. The number of benzene rings is 1. The Morgan fingerprint density at radius 1 is 1.50 bits per heavy atom. The maximum atomic E-state index is 12.2. The number of aliphatic hydroxyl groups is 1. The van der Waals surface area contributed by atoms with Crippen molar-refractivity contribution in [3.8, 4) is 0 Å². The Bertz CT molecular complexity index is 491. The second-order valence-electron chi connectivity index (χ2n) is 5.34. The zero-order chi connectivity index (χ0) is 14.7. The van der Waals surface area contributed by atoms with E-state index >= 15 is 0 Å².